The predicted molar refractivity (Wildman–Crippen MR) is 151 cm³/mol. The third-order valence-corrected chi connectivity index (χ3v) is 10.2. The molecule has 4 aliphatic rings. The van der Waals surface area contributed by atoms with Gasteiger partial charge in [-0.25, -0.2) is 22.5 Å². The topological polar surface area (TPSA) is 105 Å². The average molecular weight is 601 g/mol. The Morgan fingerprint density at radius 1 is 1.10 bits per heavy atom. The first kappa shape index (κ1) is 26.3. The number of ether oxygens (including phenoxy) is 1. The van der Waals surface area contributed by atoms with Crippen molar-refractivity contribution in [2.24, 2.45) is 0 Å². The van der Waals surface area contributed by atoms with Crippen LogP contribution in [0.2, 0.25) is 0 Å². The first-order chi connectivity index (χ1) is 20.3. The molecule has 4 aromatic rings. The molecule has 9 nitrogen and oxygen atoms in total. The second-order valence-electron chi connectivity index (χ2n) is 11.8. The molecular weight excluding hydrogens is 572 g/mol. The van der Waals surface area contributed by atoms with Crippen molar-refractivity contribution in [1.82, 2.24) is 30.2 Å². The van der Waals surface area contributed by atoms with Gasteiger partial charge in [-0.1, -0.05) is 11.3 Å². The number of hydrogen-bond acceptors (Lipinski definition) is 10. The zero-order valence-corrected chi connectivity index (χ0v) is 23.4. The number of aromatic nitrogens is 4. The minimum atomic E-state index is -1.01. The molecule has 4 fully saturated rings. The van der Waals surface area contributed by atoms with Gasteiger partial charge in [0.1, 0.15) is 41.4 Å². The van der Waals surface area contributed by atoms with E-state index in [0.29, 0.717) is 30.2 Å². The van der Waals surface area contributed by atoms with E-state index in [2.05, 4.69) is 30.1 Å². The molecule has 0 radical (unpaired) electrons. The molecule has 14 heteroatoms. The number of nitrogens with zero attached hydrogens (tertiary/aromatic N) is 6. The van der Waals surface area contributed by atoms with Crippen LogP contribution < -0.4 is 20.7 Å². The van der Waals surface area contributed by atoms with Gasteiger partial charge in [-0.05, 0) is 32.2 Å². The Balaban J connectivity index is 1.28. The van der Waals surface area contributed by atoms with E-state index in [-0.39, 0.29) is 56.8 Å². The molecule has 4 atom stereocenters. The van der Waals surface area contributed by atoms with Gasteiger partial charge in [0.2, 0.25) is 0 Å². The molecule has 4 aliphatic heterocycles. The van der Waals surface area contributed by atoms with Crippen LogP contribution in [0.4, 0.5) is 28.5 Å². The van der Waals surface area contributed by atoms with Crippen LogP contribution in [0.1, 0.15) is 32.1 Å². The summed E-state index contributed by atoms with van der Waals surface area (Å²) in [4.78, 5) is 21.9. The van der Waals surface area contributed by atoms with Crippen LogP contribution in [0.15, 0.2) is 12.3 Å². The quantitative estimate of drug-likeness (QED) is 0.326. The van der Waals surface area contributed by atoms with Crippen LogP contribution in [-0.4, -0.2) is 81.4 Å². The van der Waals surface area contributed by atoms with E-state index in [1.54, 1.807) is 0 Å². The van der Waals surface area contributed by atoms with E-state index in [0.717, 1.165) is 56.7 Å². The van der Waals surface area contributed by atoms with Crippen LogP contribution in [0.3, 0.4) is 0 Å². The van der Waals surface area contributed by atoms with Crippen molar-refractivity contribution in [2.75, 3.05) is 43.4 Å². The average Bonchev–Trinajstić information content (AvgIpc) is 3.68. The number of nitrogens with one attached hydrogen (secondary N) is 1. The third kappa shape index (κ3) is 3.94. The Morgan fingerprint density at radius 2 is 1.90 bits per heavy atom. The van der Waals surface area contributed by atoms with Gasteiger partial charge in [0, 0.05) is 50.4 Å². The van der Waals surface area contributed by atoms with Gasteiger partial charge < -0.3 is 20.7 Å². The normalized spacial score (nSPS) is 27.4. The smallest absolute Gasteiger partial charge is 0.319 e. The molecular formula is C28H28F4N8OS. The number of halogens is 4. The first-order valence-corrected chi connectivity index (χ1v) is 15.0. The van der Waals surface area contributed by atoms with E-state index in [1.165, 1.54) is 6.20 Å². The summed E-state index contributed by atoms with van der Waals surface area (Å²) in [5.74, 6) is -2.24. The van der Waals surface area contributed by atoms with Crippen molar-refractivity contribution >= 4 is 43.4 Å². The highest BCUT2D eigenvalue weighted by molar-refractivity contribution is 7.22. The summed E-state index contributed by atoms with van der Waals surface area (Å²) in [6.07, 6.45) is 4.53. The number of fused-ring (bicyclic) bond motifs is 5. The number of thiazole rings is 1. The number of nitrogens with two attached hydrogens (primary N) is 1. The summed E-state index contributed by atoms with van der Waals surface area (Å²) >= 11 is 0.848. The highest BCUT2D eigenvalue weighted by Gasteiger charge is 2.49. The van der Waals surface area contributed by atoms with Crippen molar-refractivity contribution in [2.45, 2.75) is 55.9 Å². The molecule has 3 N–H and O–H groups in total. The number of hydrogen-bond donors (Lipinski definition) is 2. The Kier molecular flexibility index (Phi) is 5.99. The largest absolute Gasteiger partial charge is 0.461 e. The standard InChI is InChI=1S/C28H28F4N8OS/c29-13-7-28(4-1-5-39(28)11-13)12-41-27-37-21-16(25(38-27)40-14-2-3-15(40)9-34-8-14)10-35-22(20(21)32)19-17(30)6-18(31)24-23(19)36-26(33)42-24/h6,10,13-15,34H,1-5,7-9,11-12H2,(H2,33,36)/t13-,14-,15+,28+/m1/s1. The number of pyridine rings is 1. The molecule has 1 aromatic carbocycles. The second-order valence-corrected chi connectivity index (χ2v) is 12.8. The molecule has 0 spiro atoms. The Labute approximate surface area is 242 Å². The van der Waals surface area contributed by atoms with Crippen molar-refractivity contribution in [3.8, 4) is 17.3 Å². The van der Waals surface area contributed by atoms with E-state index in [1.807, 2.05) is 0 Å². The van der Waals surface area contributed by atoms with Crippen molar-refractivity contribution < 1.29 is 22.3 Å². The lowest BCUT2D eigenvalue weighted by atomic mass is 9.95. The zero-order valence-electron chi connectivity index (χ0n) is 22.5. The summed E-state index contributed by atoms with van der Waals surface area (Å²) < 4.78 is 66.8. The lowest BCUT2D eigenvalue weighted by molar-refractivity contribution is 0.107. The van der Waals surface area contributed by atoms with Crippen LogP contribution >= 0.6 is 11.3 Å². The molecule has 42 heavy (non-hydrogen) atoms. The number of anilines is 2. The highest BCUT2D eigenvalue weighted by atomic mass is 32.1. The third-order valence-electron chi connectivity index (χ3n) is 9.33. The molecule has 2 bridgehead atoms. The van der Waals surface area contributed by atoms with Gasteiger partial charge in [0.05, 0.1) is 26.7 Å². The molecule has 0 unspecified atom stereocenters. The lowest BCUT2D eigenvalue weighted by Gasteiger charge is -2.37. The molecule has 3 aromatic heterocycles. The van der Waals surface area contributed by atoms with Gasteiger partial charge in [0.25, 0.3) is 0 Å². The number of alkyl halides is 1. The van der Waals surface area contributed by atoms with Crippen LogP contribution in [-0.2, 0) is 0 Å². The van der Waals surface area contributed by atoms with E-state index >= 15 is 8.78 Å². The summed E-state index contributed by atoms with van der Waals surface area (Å²) in [7, 11) is 0. The molecule has 8 rings (SSSR count). The molecule has 0 saturated carbocycles. The minimum Gasteiger partial charge on any atom is -0.461 e. The van der Waals surface area contributed by atoms with E-state index in [4.69, 9.17) is 15.5 Å². The second kappa shape index (κ2) is 9.58. The van der Waals surface area contributed by atoms with Crippen LogP contribution in [0.25, 0.3) is 32.4 Å². The maximum absolute atomic E-state index is 16.5. The molecule has 4 saturated heterocycles. The van der Waals surface area contributed by atoms with Gasteiger partial charge in [-0.2, -0.15) is 9.97 Å². The van der Waals surface area contributed by atoms with Gasteiger partial charge in [-0.3, -0.25) is 9.88 Å². The van der Waals surface area contributed by atoms with Crippen molar-refractivity contribution in [3.63, 3.8) is 0 Å². The molecule has 0 aliphatic carbocycles. The fourth-order valence-corrected chi connectivity index (χ4v) is 8.23. The molecule has 7 heterocycles. The first-order valence-electron chi connectivity index (χ1n) is 14.2. The van der Waals surface area contributed by atoms with E-state index in [9.17, 15) is 8.78 Å². The number of nitrogen functional groups attached to an aromatic ring is 1. The minimum absolute atomic E-state index is 0.0121. The number of rotatable bonds is 5. The lowest BCUT2D eigenvalue weighted by Crippen LogP contribution is -2.52. The maximum atomic E-state index is 16.5. The Bertz CT molecular complexity index is 1720. The summed E-state index contributed by atoms with van der Waals surface area (Å²) in [6.45, 7) is 2.87. The Morgan fingerprint density at radius 3 is 2.71 bits per heavy atom. The fraction of sp³-hybridized carbons (Fsp3) is 0.500. The van der Waals surface area contributed by atoms with Gasteiger partial charge >= 0.3 is 6.01 Å². The SMILES string of the molecule is Nc1nc2c(-c3ncc4c(N5[C@@H]6CC[C@H]5CNC6)nc(OC[C@@]56CCCN5C[C@H](F)C6)nc4c3F)c(F)cc(F)c2s1. The maximum Gasteiger partial charge on any atom is 0.319 e. The Hall–Kier alpha value is -3.36. The number of benzene rings is 1. The fourth-order valence-electron chi connectivity index (χ4n) is 7.48. The summed E-state index contributed by atoms with van der Waals surface area (Å²) in [6, 6.07) is 0.953. The van der Waals surface area contributed by atoms with Gasteiger partial charge in [0.15, 0.2) is 10.9 Å². The van der Waals surface area contributed by atoms with Crippen LogP contribution in [0, 0.1) is 17.5 Å². The molecule has 0 amide bonds. The number of piperazine rings is 1. The van der Waals surface area contributed by atoms with Crippen LogP contribution in [0.5, 0.6) is 6.01 Å². The predicted octanol–water partition coefficient (Wildman–Crippen LogP) is 4.20. The monoisotopic (exact) mass is 600 g/mol. The van der Waals surface area contributed by atoms with Crippen molar-refractivity contribution in [1.29, 1.82) is 0 Å². The molecule has 220 valence electrons. The van der Waals surface area contributed by atoms with E-state index < -0.39 is 29.2 Å². The zero-order chi connectivity index (χ0) is 28.7. The van der Waals surface area contributed by atoms with Gasteiger partial charge in [-0.15, -0.1) is 0 Å². The summed E-state index contributed by atoms with van der Waals surface area (Å²) in [5, 5.41) is 3.82. The van der Waals surface area contributed by atoms with Crippen molar-refractivity contribution in [3.05, 3.63) is 29.7 Å². The summed E-state index contributed by atoms with van der Waals surface area (Å²) in [5.41, 5.74) is 4.52. The highest BCUT2D eigenvalue weighted by Crippen LogP contribution is 2.43.